The molecular formula is C20H36N6O2. The van der Waals surface area contributed by atoms with E-state index in [1.807, 2.05) is 52.2 Å². The molecular weight excluding hydrogens is 356 g/mol. The highest BCUT2D eigenvalue weighted by atomic mass is 16.6. The topological polar surface area (TPSA) is 75.0 Å². The maximum absolute atomic E-state index is 12.3. The van der Waals surface area contributed by atoms with E-state index in [9.17, 15) is 4.79 Å². The quantitative estimate of drug-likeness (QED) is 0.615. The zero-order chi connectivity index (χ0) is 20.7. The number of carbonyl (C=O) groups is 1. The van der Waals surface area contributed by atoms with Gasteiger partial charge < -0.3 is 19.9 Å². The highest BCUT2D eigenvalue weighted by Crippen LogP contribution is 2.21. The largest absolute Gasteiger partial charge is 0.444 e. The molecule has 0 bridgehead atoms. The van der Waals surface area contributed by atoms with Crippen molar-refractivity contribution in [3.8, 4) is 0 Å². The van der Waals surface area contributed by atoms with Crippen LogP contribution < -0.4 is 5.32 Å². The number of piperidine rings is 1. The number of aromatic nitrogens is 2. The van der Waals surface area contributed by atoms with E-state index in [1.54, 1.807) is 11.7 Å². The monoisotopic (exact) mass is 392 g/mol. The first kappa shape index (κ1) is 22.0. The van der Waals surface area contributed by atoms with Crippen LogP contribution in [-0.4, -0.2) is 71.0 Å². The zero-order valence-electron chi connectivity index (χ0n) is 18.2. The number of guanidine groups is 1. The Bertz CT molecular complexity index is 664. The summed E-state index contributed by atoms with van der Waals surface area (Å²) in [5, 5.41) is 7.65. The van der Waals surface area contributed by atoms with Crippen LogP contribution in [0.5, 0.6) is 0 Å². The van der Waals surface area contributed by atoms with Crippen molar-refractivity contribution in [3.63, 3.8) is 0 Å². The smallest absolute Gasteiger partial charge is 0.410 e. The molecule has 1 saturated heterocycles. The molecule has 1 N–H and O–H groups in total. The molecule has 1 amide bonds. The maximum Gasteiger partial charge on any atom is 0.410 e. The van der Waals surface area contributed by atoms with Crippen LogP contribution in [0.25, 0.3) is 0 Å². The number of rotatable bonds is 5. The number of carbonyl (C=O) groups excluding carboxylic acids is 1. The fourth-order valence-electron chi connectivity index (χ4n) is 3.47. The minimum Gasteiger partial charge on any atom is -0.444 e. The molecule has 0 radical (unpaired) electrons. The van der Waals surface area contributed by atoms with Crippen molar-refractivity contribution in [3.05, 3.63) is 18.0 Å². The van der Waals surface area contributed by atoms with Gasteiger partial charge in [-0.05, 0) is 46.0 Å². The van der Waals surface area contributed by atoms with Gasteiger partial charge in [-0.15, -0.1) is 0 Å². The maximum atomic E-state index is 12.3. The van der Waals surface area contributed by atoms with Crippen LogP contribution in [0.4, 0.5) is 4.79 Å². The molecule has 158 valence electrons. The molecule has 1 aromatic rings. The van der Waals surface area contributed by atoms with Crippen molar-refractivity contribution >= 4 is 12.1 Å². The van der Waals surface area contributed by atoms with Gasteiger partial charge in [0, 0.05) is 59.1 Å². The second kappa shape index (κ2) is 9.80. The lowest BCUT2D eigenvalue weighted by Gasteiger charge is -2.34. The Balaban J connectivity index is 1.77. The Morgan fingerprint density at radius 2 is 2.21 bits per heavy atom. The molecule has 0 saturated carbocycles. The van der Waals surface area contributed by atoms with Crippen LogP contribution in [0, 0.1) is 5.92 Å². The Hall–Kier alpha value is -2.25. The minimum absolute atomic E-state index is 0.197. The average molecular weight is 393 g/mol. The van der Waals surface area contributed by atoms with E-state index >= 15 is 0 Å². The van der Waals surface area contributed by atoms with Gasteiger partial charge in [-0.2, -0.15) is 5.10 Å². The van der Waals surface area contributed by atoms with E-state index in [2.05, 4.69) is 20.3 Å². The van der Waals surface area contributed by atoms with E-state index in [1.165, 1.54) is 0 Å². The van der Waals surface area contributed by atoms with Crippen LogP contribution >= 0.6 is 0 Å². The highest BCUT2D eigenvalue weighted by molar-refractivity contribution is 5.79. The van der Waals surface area contributed by atoms with Gasteiger partial charge in [0.05, 0.1) is 6.20 Å². The van der Waals surface area contributed by atoms with E-state index < -0.39 is 5.60 Å². The van der Waals surface area contributed by atoms with Crippen LogP contribution in [0.2, 0.25) is 0 Å². The van der Waals surface area contributed by atoms with E-state index in [4.69, 9.17) is 4.74 Å². The average Bonchev–Trinajstić information content (AvgIpc) is 3.02. The molecule has 8 nitrogen and oxygen atoms in total. The molecule has 1 fully saturated rings. The summed E-state index contributed by atoms with van der Waals surface area (Å²) in [6.45, 7) is 8.85. The standard InChI is InChI=1S/C20H36N6O2/c1-20(2,3)28-19(27)26-11-7-8-16(15-26)9-10-22-18(21-4)24(5)13-17-12-23-25(6)14-17/h12,14,16H,7-11,13,15H2,1-6H3,(H,21,22). The van der Waals surface area contributed by atoms with Crippen LogP contribution in [-0.2, 0) is 18.3 Å². The van der Waals surface area contributed by atoms with Crippen molar-refractivity contribution in [2.24, 2.45) is 18.0 Å². The predicted molar refractivity (Wildman–Crippen MR) is 111 cm³/mol. The first-order valence-corrected chi connectivity index (χ1v) is 10.0. The third-order valence-electron chi connectivity index (χ3n) is 4.76. The summed E-state index contributed by atoms with van der Waals surface area (Å²) in [5.41, 5.74) is 0.699. The highest BCUT2D eigenvalue weighted by Gasteiger charge is 2.27. The number of aryl methyl sites for hydroxylation is 1. The van der Waals surface area contributed by atoms with Gasteiger partial charge in [0.2, 0.25) is 0 Å². The molecule has 0 aromatic carbocycles. The lowest BCUT2D eigenvalue weighted by atomic mass is 9.95. The first-order valence-electron chi connectivity index (χ1n) is 10.0. The number of ether oxygens (including phenoxy) is 1. The third-order valence-corrected chi connectivity index (χ3v) is 4.76. The molecule has 0 aliphatic carbocycles. The summed E-state index contributed by atoms with van der Waals surface area (Å²) in [6.07, 6.45) is 6.86. The van der Waals surface area contributed by atoms with Gasteiger partial charge in [0.1, 0.15) is 5.60 Å². The SMILES string of the molecule is CN=C(NCCC1CCCN(C(=O)OC(C)(C)C)C1)N(C)Cc1cnn(C)c1. The number of likely N-dealkylation sites (tertiary alicyclic amines) is 1. The summed E-state index contributed by atoms with van der Waals surface area (Å²) >= 11 is 0. The number of amides is 1. The molecule has 1 aliphatic rings. The van der Waals surface area contributed by atoms with Gasteiger partial charge in [-0.3, -0.25) is 9.67 Å². The van der Waals surface area contributed by atoms with Gasteiger partial charge in [-0.25, -0.2) is 4.79 Å². The number of nitrogens with one attached hydrogen (secondary N) is 1. The van der Waals surface area contributed by atoms with Crippen molar-refractivity contribution in [2.45, 2.75) is 52.2 Å². The fraction of sp³-hybridized carbons (Fsp3) is 0.750. The van der Waals surface area contributed by atoms with Gasteiger partial charge in [-0.1, -0.05) is 0 Å². The number of aliphatic imine (C=N–C) groups is 1. The van der Waals surface area contributed by atoms with E-state index in [0.717, 1.165) is 57.0 Å². The molecule has 28 heavy (non-hydrogen) atoms. The molecule has 1 unspecified atom stereocenters. The lowest BCUT2D eigenvalue weighted by Crippen LogP contribution is -2.44. The molecule has 2 rings (SSSR count). The number of hydrogen-bond acceptors (Lipinski definition) is 4. The number of hydrogen-bond donors (Lipinski definition) is 1. The Morgan fingerprint density at radius 1 is 1.46 bits per heavy atom. The predicted octanol–water partition coefficient (Wildman–Crippen LogP) is 2.46. The zero-order valence-corrected chi connectivity index (χ0v) is 18.2. The molecule has 1 aliphatic heterocycles. The van der Waals surface area contributed by atoms with Crippen LogP contribution in [0.15, 0.2) is 17.4 Å². The summed E-state index contributed by atoms with van der Waals surface area (Å²) in [4.78, 5) is 20.6. The molecule has 0 spiro atoms. The van der Waals surface area contributed by atoms with Gasteiger partial charge in [0.25, 0.3) is 0 Å². The Kier molecular flexibility index (Phi) is 7.71. The molecule has 1 aromatic heterocycles. The molecule has 1 atom stereocenters. The van der Waals surface area contributed by atoms with Crippen LogP contribution in [0.1, 0.15) is 45.6 Å². The van der Waals surface area contributed by atoms with Gasteiger partial charge >= 0.3 is 6.09 Å². The summed E-state index contributed by atoms with van der Waals surface area (Å²) < 4.78 is 7.32. The minimum atomic E-state index is -0.447. The van der Waals surface area contributed by atoms with Crippen molar-refractivity contribution < 1.29 is 9.53 Å². The molecule has 2 heterocycles. The number of nitrogens with zero attached hydrogens (tertiary/aromatic N) is 5. The van der Waals surface area contributed by atoms with Crippen molar-refractivity contribution in [1.29, 1.82) is 0 Å². The summed E-state index contributed by atoms with van der Waals surface area (Å²) in [7, 11) is 5.74. The van der Waals surface area contributed by atoms with E-state index in [0.29, 0.717) is 5.92 Å². The van der Waals surface area contributed by atoms with E-state index in [-0.39, 0.29) is 6.09 Å². The van der Waals surface area contributed by atoms with Gasteiger partial charge in [0.15, 0.2) is 5.96 Å². The second-order valence-electron chi connectivity index (χ2n) is 8.58. The van der Waals surface area contributed by atoms with Crippen molar-refractivity contribution in [2.75, 3.05) is 33.7 Å². The summed E-state index contributed by atoms with van der Waals surface area (Å²) in [5.74, 6) is 1.35. The second-order valence-corrected chi connectivity index (χ2v) is 8.58. The van der Waals surface area contributed by atoms with Crippen molar-refractivity contribution in [1.82, 2.24) is 24.9 Å². The van der Waals surface area contributed by atoms with Crippen LogP contribution in [0.3, 0.4) is 0 Å². The fourth-order valence-corrected chi connectivity index (χ4v) is 3.47. The lowest BCUT2D eigenvalue weighted by molar-refractivity contribution is 0.0162. The summed E-state index contributed by atoms with van der Waals surface area (Å²) in [6, 6.07) is 0. The third kappa shape index (κ3) is 7.05. The first-order chi connectivity index (χ1) is 13.2. The Labute approximate surface area is 168 Å². The molecule has 8 heteroatoms. The Morgan fingerprint density at radius 3 is 2.82 bits per heavy atom. The normalized spacial score (nSPS) is 18.1.